The average molecular weight is 219 g/mol. The van der Waals surface area contributed by atoms with Gasteiger partial charge in [0.25, 0.3) is 0 Å². The van der Waals surface area contributed by atoms with Crippen LogP contribution in [0.5, 0.6) is 5.75 Å². The van der Waals surface area contributed by atoms with E-state index in [0.29, 0.717) is 29.4 Å². The fourth-order valence-electron chi connectivity index (χ4n) is 1.63. The fourth-order valence-corrected chi connectivity index (χ4v) is 1.63. The first-order valence-electron chi connectivity index (χ1n) is 5.04. The van der Waals surface area contributed by atoms with Crippen molar-refractivity contribution in [2.24, 2.45) is 0 Å². The zero-order valence-electron chi connectivity index (χ0n) is 9.03. The summed E-state index contributed by atoms with van der Waals surface area (Å²) in [6.07, 6.45) is 2.55. The quantitative estimate of drug-likeness (QED) is 0.621. The maximum absolute atomic E-state index is 12.0. The molecule has 0 radical (unpaired) electrons. The van der Waals surface area contributed by atoms with E-state index in [-0.39, 0.29) is 5.78 Å². The maximum Gasteiger partial charge on any atom is 0.229 e. The van der Waals surface area contributed by atoms with E-state index in [0.717, 1.165) is 6.42 Å². The normalized spacial score (nSPS) is 14.2. The highest BCUT2D eigenvalue weighted by molar-refractivity contribution is 6.11. The fraction of sp³-hybridized carbons (Fsp3) is 0.250. The van der Waals surface area contributed by atoms with Gasteiger partial charge in [0.15, 0.2) is 5.76 Å². The molecule has 1 aliphatic rings. The maximum atomic E-state index is 12.0. The number of hydrogen-bond donors (Lipinski definition) is 1. The monoisotopic (exact) mass is 219 g/mol. The smallest absolute Gasteiger partial charge is 0.229 e. The standard InChI is InChI=1S/C12H13NO3/c1-15-9-5-2-4-8(11(9)13)12(14)10-6-3-7-16-10/h2,4-6H,3,7,13H2,1H3. The number of anilines is 1. The van der Waals surface area contributed by atoms with E-state index in [1.54, 1.807) is 24.3 Å². The molecule has 0 amide bonds. The molecule has 0 saturated carbocycles. The largest absolute Gasteiger partial charge is 0.495 e. The van der Waals surface area contributed by atoms with Crippen LogP contribution in [-0.4, -0.2) is 19.5 Å². The van der Waals surface area contributed by atoms with Gasteiger partial charge in [0.05, 0.1) is 25.0 Å². The van der Waals surface area contributed by atoms with E-state index in [2.05, 4.69) is 0 Å². The molecule has 0 unspecified atom stereocenters. The lowest BCUT2D eigenvalue weighted by Crippen LogP contribution is -2.08. The van der Waals surface area contributed by atoms with E-state index in [4.69, 9.17) is 15.2 Å². The van der Waals surface area contributed by atoms with Crippen LogP contribution in [0.1, 0.15) is 16.8 Å². The molecule has 1 heterocycles. The van der Waals surface area contributed by atoms with Crippen molar-refractivity contribution in [2.75, 3.05) is 19.5 Å². The van der Waals surface area contributed by atoms with Gasteiger partial charge in [0, 0.05) is 6.42 Å². The van der Waals surface area contributed by atoms with Gasteiger partial charge in [0.2, 0.25) is 5.78 Å². The molecule has 2 N–H and O–H groups in total. The topological polar surface area (TPSA) is 61.5 Å². The highest BCUT2D eigenvalue weighted by Crippen LogP contribution is 2.27. The summed E-state index contributed by atoms with van der Waals surface area (Å²) in [5, 5.41) is 0. The number of Topliss-reactive ketones (excluding diaryl/α,β-unsaturated/α-hetero) is 1. The van der Waals surface area contributed by atoms with Crippen molar-refractivity contribution in [3.05, 3.63) is 35.6 Å². The molecule has 4 nitrogen and oxygen atoms in total. The van der Waals surface area contributed by atoms with Gasteiger partial charge >= 0.3 is 0 Å². The number of nitrogens with two attached hydrogens (primary N) is 1. The minimum Gasteiger partial charge on any atom is -0.495 e. The second-order valence-corrected chi connectivity index (χ2v) is 3.46. The minimum atomic E-state index is -0.186. The predicted octanol–water partition coefficient (Wildman–Crippen LogP) is 1.76. The molecule has 1 aliphatic heterocycles. The van der Waals surface area contributed by atoms with E-state index < -0.39 is 0 Å². The third kappa shape index (κ3) is 1.74. The van der Waals surface area contributed by atoms with Crippen LogP contribution in [0.3, 0.4) is 0 Å². The molecular weight excluding hydrogens is 206 g/mol. The van der Waals surface area contributed by atoms with Gasteiger partial charge in [-0.3, -0.25) is 4.79 Å². The summed E-state index contributed by atoms with van der Waals surface area (Å²) in [4.78, 5) is 12.0. The predicted molar refractivity (Wildman–Crippen MR) is 60.4 cm³/mol. The van der Waals surface area contributed by atoms with Gasteiger partial charge in [-0.25, -0.2) is 0 Å². The molecule has 0 atom stereocenters. The van der Waals surface area contributed by atoms with Gasteiger partial charge in [-0.05, 0) is 18.2 Å². The van der Waals surface area contributed by atoms with E-state index >= 15 is 0 Å². The van der Waals surface area contributed by atoms with Crippen molar-refractivity contribution in [2.45, 2.75) is 6.42 Å². The third-order valence-corrected chi connectivity index (χ3v) is 2.46. The van der Waals surface area contributed by atoms with Crippen molar-refractivity contribution in [3.8, 4) is 5.75 Å². The first kappa shape index (κ1) is 10.5. The Hall–Kier alpha value is -1.97. The molecule has 0 saturated heterocycles. The minimum absolute atomic E-state index is 0.186. The third-order valence-electron chi connectivity index (χ3n) is 2.46. The first-order chi connectivity index (χ1) is 7.74. The number of ether oxygens (including phenoxy) is 2. The lowest BCUT2D eigenvalue weighted by molar-refractivity contribution is 0.0943. The summed E-state index contributed by atoms with van der Waals surface area (Å²) in [5.41, 5.74) is 6.61. The van der Waals surface area contributed by atoms with Gasteiger partial charge in [0.1, 0.15) is 5.75 Å². The molecule has 0 spiro atoms. The number of ketones is 1. The molecule has 4 heteroatoms. The number of nitrogen functional groups attached to an aromatic ring is 1. The molecule has 16 heavy (non-hydrogen) atoms. The van der Waals surface area contributed by atoms with Gasteiger partial charge in [-0.15, -0.1) is 0 Å². The second-order valence-electron chi connectivity index (χ2n) is 3.46. The number of hydrogen-bond acceptors (Lipinski definition) is 4. The number of para-hydroxylation sites is 1. The Morgan fingerprint density at radius 3 is 2.94 bits per heavy atom. The molecule has 0 aliphatic carbocycles. The van der Waals surface area contributed by atoms with Crippen LogP contribution >= 0.6 is 0 Å². The summed E-state index contributed by atoms with van der Waals surface area (Å²) in [7, 11) is 1.52. The van der Waals surface area contributed by atoms with Crippen molar-refractivity contribution < 1.29 is 14.3 Å². The number of carbonyl (C=O) groups excluding carboxylic acids is 1. The number of rotatable bonds is 3. The molecule has 0 bridgehead atoms. The molecule has 1 aromatic carbocycles. The van der Waals surface area contributed by atoms with Crippen LogP contribution < -0.4 is 10.5 Å². The molecular formula is C12H13NO3. The summed E-state index contributed by atoms with van der Waals surface area (Å²) in [6.45, 7) is 0.560. The Bertz CT molecular complexity index is 452. The average Bonchev–Trinajstić information content (AvgIpc) is 2.82. The van der Waals surface area contributed by atoms with Crippen LogP contribution in [0.4, 0.5) is 5.69 Å². The first-order valence-corrected chi connectivity index (χ1v) is 5.04. The van der Waals surface area contributed by atoms with Crippen LogP contribution in [0, 0.1) is 0 Å². The van der Waals surface area contributed by atoms with E-state index in [9.17, 15) is 4.79 Å². The Morgan fingerprint density at radius 2 is 2.31 bits per heavy atom. The Kier molecular flexibility index (Phi) is 2.81. The number of methoxy groups -OCH3 is 1. The number of allylic oxidation sites excluding steroid dienone is 1. The van der Waals surface area contributed by atoms with E-state index in [1.807, 2.05) is 0 Å². The Morgan fingerprint density at radius 1 is 1.50 bits per heavy atom. The van der Waals surface area contributed by atoms with Gasteiger partial charge in [-0.1, -0.05) is 6.07 Å². The summed E-state index contributed by atoms with van der Waals surface area (Å²) < 4.78 is 10.3. The number of carbonyl (C=O) groups is 1. The summed E-state index contributed by atoms with van der Waals surface area (Å²) in [5.74, 6) is 0.693. The zero-order chi connectivity index (χ0) is 11.5. The van der Waals surface area contributed by atoms with Crippen molar-refractivity contribution in [3.63, 3.8) is 0 Å². The van der Waals surface area contributed by atoms with Crippen LogP contribution in [-0.2, 0) is 4.74 Å². The Balaban J connectivity index is 2.36. The highest BCUT2D eigenvalue weighted by Gasteiger charge is 2.20. The van der Waals surface area contributed by atoms with Crippen molar-refractivity contribution in [1.82, 2.24) is 0 Å². The Labute approximate surface area is 93.7 Å². The summed E-state index contributed by atoms with van der Waals surface area (Å²) >= 11 is 0. The molecule has 1 aromatic rings. The van der Waals surface area contributed by atoms with Gasteiger partial charge < -0.3 is 15.2 Å². The zero-order valence-corrected chi connectivity index (χ0v) is 9.03. The lowest BCUT2D eigenvalue weighted by Gasteiger charge is -2.09. The van der Waals surface area contributed by atoms with E-state index in [1.165, 1.54) is 7.11 Å². The van der Waals surface area contributed by atoms with Crippen LogP contribution in [0.2, 0.25) is 0 Å². The van der Waals surface area contributed by atoms with Crippen molar-refractivity contribution in [1.29, 1.82) is 0 Å². The van der Waals surface area contributed by atoms with Crippen molar-refractivity contribution >= 4 is 11.5 Å². The highest BCUT2D eigenvalue weighted by atomic mass is 16.5. The van der Waals surface area contributed by atoms with Gasteiger partial charge in [-0.2, -0.15) is 0 Å². The molecule has 0 aromatic heterocycles. The molecule has 84 valence electrons. The second kappa shape index (κ2) is 4.26. The molecule has 0 fully saturated rings. The van der Waals surface area contributed by atoms with Crippen LogP contribution in [0.25, 0.3) is 0 Å². The van der Waals surface area contributed by atoms with Crippen LogP contribution in [0.15, 0.2) is 30.0 Å². The number of benzene rings is 1. The summed E-state index contributed by atoms with van der Waals surface area (Å²) in [6, 6.07) is 5.12. The lowest BCUT2D eigenvalue weighted by atomic mass is 10.1. The molecule has 2 rings (SSSR count). The SMILES string of the molecule is COc1cccc(C(=O)C2=CCCO2)c1N.